The fourth-order valence-electron chi connectivity index (χ4n) is 3.75. The molecule has 2 aromatic carbocycles. The topological polar surface area (TPSA) is 67.4 Å². The summed E-state index contributed by atoms with van der Waals surface area (Å²) in [5, 5.41) is 6.01. The van der Waals surface area contributed by atoms with Gasteiger partial charge in [0.15, 0.2) is 0 Å². The van der Waals surface area contributed by atoms with Crippen molar-refractivity contribution < 1.29 is 18.7 Å². The Balaban J connectivity index is 1.49. The third-order valence-corrected chi connectivity index (χ3v) is 5.42. The van der Waals surface area contributed by atoms with E-state index in [0.717, 1.165) is 23.3 Å². The van der Waals surface area contributed by atoms with Crippen LogP contribution in [0.5, 0.6) is 5.75 Å². The molecule has 0 radical (unpaired) electrons. The second-order valence-electron chi connectivity index (χ2n) is 7.58. The quantitative estimate of drug-likeness (QED) is 0.682. The Labute approximate surface area is 170 Å². The van der Waals surface area contributed by atoms with E-state index in [4.69, 9.17) is 4.74 Å². The Morgan fingerprint density at radius 3 is 2.45 bits per heavy atom. The van der Waals surface area contributed by atoms with Crippen molar-refractivity contribution in [3.05, 3.63) is 65.5 Å². The standard InChI is InChI=1S/C23H27FN2O3/c1-29-20-8-4-17(5-9-20)12-15-25-21(27)10-13-23(14-11-22(28)26-23)16-18-2-6-19(24)7-3-18/h2-9H,10-16H2,1H3,(H,25,27)(H,26,28)/t23-/m0/s1. The van der Waals surface area contributed by atoms with Gasteiger partial charge in [0.2, 0.25) is 11.8 Å². The third kappa shape index (κ3) is 6.04. The molecule has 1 atom stereocenters. The summed E-state index contributed by atoms with van der Waals surface area (Å²) in [6, 6.07) is 14.1. The number of amides is 2. The molecule has 1 aliphatic rings. The van der Waals surface area contributed by atoms with Crippen molar-refractivity contribution in [2.24, 2.45) is 0 Å². The van der Waals surface area contributed by atoms with Gasteiger partial charge in [-0.3, -0.25) is 9.59 Å². The van der Waals surface area contributed by atoms with E-state index < -0.39 is 5.54 Å². The number of halogens is 1. The average molecular weight is 398 g/mol. The van der Waals surface area contributed by atoms with E-state index in [1.807, 2.05) is 24.3 Å². The molecular weight excluding hydrogens is 371 g/mol. The van der Waals surface area contributed by atoms with Crippen molar-refractivity contribution in [1.29, 1.82) is 0 Å². The molecule has 1 fully saturated rings. The maximum Gasteiger partial charge on any atom is 0.220 e. The summed E-state index contributed by atoms with van der Waals surface area (Å²) in [5.41, 5.74) is 1.64. The van der Waals surface area contributed by atoms with Crippen LogP contribution in [0.2, 0.25) is 0 Å². The molecule has 3 rings (SSSR count). The highest BCUT2D eigenvalue weighted by atomic mass is 19.1. The molecule has 0 unspecified atom stereocenters. The number of nitrogens with one attached hydrogen (secondary N) is 2. The van der Waals surface area contributed by atoms with E-state index in [0.29, 0.717) is 38.6 Å². The first-order chi connectivity index (χ1) is 14.0. The van der Waals surface area contributed by atoms with Crippen LogP contribution in [-0.4, -0.2) is 31.0 Å². The SMILES string of the molecule is COc1ccc(CCNC(=O)CC[C@@]2(Cc3ccc(F)cc3)CCC(=O)N2)cc1. The molecule has 0 bridgehead atoms. The van der Waals surface area contributed by atoms with Gasteiger partial charge in [0.25, 0.3) is 0 Å². The second-order valence-corrected chi connectivity index (χ2v) is 7.58. The maximum atomic E-state index is 13.2. The molecule has 1 saturated heterocycles. The highest BCUT2D eigenvalue weighted by molar-refractivity contribution is 5.80. The molecule has 6 heteroatoms. The zero-order chi connectivity index (χ0) is 20.7. The molecule has 154 valence electrons. The molecule has 0 spiro atoms. The average Bonchev–Trinajstić information content (AvgIpc) is 3.09. The number of carbonyl (C=O) groups is 2. The maximum absolute atomic E-state index is 13.2. The highest BCUT2D eigenvalue weighted by Gasteiger charge is 2.37. The van der Waals surface area contributed by atoms with E-state index in [1.54, 1.807) is 19.2 Å². The summed E-state index contributed by atoms with van der Waals surface area (Å²) in [6.07, 6.45) is 3.38. The minimum Gasteiger partial charge on any atom is -0.497 e. The van der Waals surface area contributed by atoms with Crippen molar-refractivity contribution in [1.82, 2.24) is 10.6 Å². The molecule has 0 aromatic heterocycles. The summed E-state index contributed by atoms with van der Waals surface area (Å²) in [7, 11) is 1.63. The molecular formula is C23H27FN2O3. The number of ether oxygens (including phenoxy) is 1. The van der Waals surface area contributed by atoms with E-state index in [-0.39, 0.29) is 17.6 Å². The fraction of sp³-hybridized carbons (Fsp3) is 0.391. The summed E-state index contributed by atoms with van der Waals surface area (Å²) in [6.45, 7) is 0.558. The van der Waals surface area contributed by atoms with Crippen LogP contribution < -0.4 is 15.4 Å². The van der Waals surface area contributed by atoms with Gasteiger partial charge in [-0.1, -0.05) is 24.3 Å². The summed E-state index contributed by atoms with van der Waals surface area (Å²) in [5.74, 6) is 0.502. The first-order valence-electron chi connectivity index (χ1n) is 9.93. The van der Waals surface area contributed by atoms with Gasteiger partial charge < -0.3 is 15.4 Å². The van der Waals surface area contributed by atoms with Crippen LogP contribution in [-0.2, 0) is 22.4 Å². The Morgan fingerprint density at radius 2 is 1.83 bits per heavy atom. The first kappa shape index (κ1) is 20.8. The number of methoxy groups -OCH3 is 1. The predicted molar refractivity (Wildman–Crippen MR) is 109 cm³/mol. The van der Waals surface area contributed by atoms with E-state index >= 15 is 0 Å². The number of hydrogen-bond acceptors (Lipinski definition) is 3. The van der Waals surface area contributed by atoms with Crippen molar-refractivity contribution in [3.63, 3.8) is 0 Å². The second kappa shape index (κ2) is 9.54. The zero-order valence-corrected chi connectivity index (χ0v) is 16.7. The van der Waals surface area contributed by atoms with Gasteiger partial charge in [0.1, 0.15) is 11.6 Å². The Bertz CT molecular complexity index is 836. The smallest absolute Gasteiger partial charge is 0.220 e. The summed E-state index contributed by atoms with van der Waals surface area (Å²) < 4.78 is 18.3. The number of hydrogen-bond donors (Lipinski definition) is 2. The molecule has 1 heterocycles. The minimum absolute atomic E-state index is 0.00651. The monoisotopic (exact) mass is 398 g/mol. The molecule has 1 aliphatic heterocycles. The lowest BCUT2D eigenvalue weighted by atomic mass is 9.85. The van der Waals surface area contributed by atoms with Crippen molar-refractivity contribution in [2.45, 2.75) is 44.1 Å². The predicted octanol–water partition coefficient (Wildman–Crippen LogP) is 3.16. The van der Waals surface area contributed by atoms with Crippen LogP contribution in [0.15, 0.2) is 48.5 Å². The third-order valence-electron chi connectivity index (χ3n) is 5.42. The first-order valence-corrected chi connectivity index (χ1v) is 9.93. The van der Waals surface area contributed by atoms with Gasteiger partial charge in [-0.05, 0) is 61.1 Å². The fourth-order valence-corrected chi connectivity index (χ4v) is 3.75. The molecule has 0 aliphatic carbocycles. The van der Waals surface area contributed by atoms with Crippen molar-refractivity contribution >= 4 is 11.8 Å². The highest BCUT2D eigenvalue weighted by Crippen LogP contribution is 2.29. The van der Waals surface area contributed by atoms with E-state index in [1.165, 1.54) is 12.1 Å². The van der Waals surface area contributed by atoms with Crippen molar-refractivity contribution in [3.8, 4) is 5.75 Å². The van der Waals surface area contributed by atoms with Gasteiger partial charge in [-0.2, -0.15) is 0 Å². The molecule has 2 amide bonds. The Kier molecular flexibility index (Phi) is 6.86. The minimum atomic E-state index is -0.442. The Morgan fingerprint density at radius 1 is 1.14 bits per heavy atom. The molecule has 5 nitrogen and oxygen atoms in total. The van der Waals surface area contributed by atoms with Gasteiger partial charge in [0, 0.05) is 24.9 Å². The van der Waals surface area contributed by atoms with E-state index in [2.05, 4.69) is 10.6 Å². The van der Waals surface area contributed by atoms with Crippen LogP contribution in [0.25, 0.3) is 0 Å². The van der Waals surface area contributed by atoms with Crippen LogP contribution >= 0.6 is 0 Å². The van der Waals surface area contributed by atoms with Gasteiger partial charge >= 0.3 is 0 Å². The lowest BCUT2D eigenvalue weighted by molar-refractivity contribution is -0.122. The summed E-state index contributed by atoms with van der Waals surface area (Å²) in [4.78, 5) is 24.2. The lowest BCUT2D eigenvalue weighted by Gasteiger charge is -2.29. The molecule has 2 aromatic rings. The van der Waals surface area contributed by atoms with Crippen LogP contribution in [0, 0.1) is 5.82 Å². The van der Waals surface area contributed by atoms with E-state index in [9.17, 15) is 14.0 Å². The summed E-state index contributed by atoms with van der Waals surface area (Å²) >= 11 is 0. The molecule has 0 saturated carbocycles. The van der Waals surface area contributed by atoms with Crippen LogP contribution in [0.3, 0.4) is 0 Å². The number of benzene rings is 2. The van der Waals surface area contributed by atoms with Gasteiger partial charge in [-0.15, -0.1) is 0 Å². The largest absolute Gasteiger partial charge is 0.497 e. The van der Waals surface area contributed by atoms with Crippen LogP contribution in [0.4, 0.5) is 4.39 Å². The zero-order valence-electron chi connectivity index (χ0n) is 16.7. The molecule has 29 heavy (non-hydrogen) atoms. The van der Waals surface area contributed by atoms with Gasteiger partial charge in [-0.25, -0.2) is 4.39 Å². The Hall–Kier alpha value is -2.89. The van der Waals surface area contributed by atoms with Crippen LogP contribution in [0.1, 0.15) is 36.8 Å². The number of rotatable bonds is 9. The van der Waals surface area contributed by atoms with Gasteiger partial charge in [0.05, 0.1) is 7.11 Å². The van der Waals surface area contributed by atoms with Crippen molar-refractivity contribution in [2.75, 3.05) is 13.7 Å². The lowest BCUT2D eigenvalue weighted by Crippen LogP contribution is -2.44. The number of carbonyl (C=O) groups excluding carboxylic acids is 2. The molecule has 2 N–H and O–H groups in total. The normalized spacial score (nSPS) is 18.3.